The van der Waals surface area contributed by atoms with Crippen LogP contribution in [0.25, 0.3) is 0 Å². The van der Waals surface area contributed by atoms with Crippen molar-refractivity contribution in [3.63, 3.8) is 0 Å². The Kier molecular flexibility index (Phi) is 6.63. The highest BCUT2D eigenvalue weighted by molar-refractivity contribution is 5.39. The molecule has 29 heavy (non-hydrogen) atoms. The maximum Gasteiger partial charge on any atom is 0.237 e. The molecule has 2 heterocycles. The van der Waals surface area contributed by atoms with E-state index in [-0.39, 0.29) is 11.0 Å². The normalized spacial score (nSPS) is 17.0. The lowest BCUT2D eigenvalue weighted by Crippen LogP contribution is -2.41. The van der Waals surface area contributed by atoms with Crippen LogP contribution in [0.1, 0.15) is 46.2 Å². The molecule has 158 valence electrons. The van der Waals surface area contributed by atoms with Gasteiger partial charge in [-0.1, -0.05) is 19.1 Å². The van der Waals surface area contributed by atoms with Gasteiger partial charge in [0.1, 0.15) is 11.3 Å². The maximum atomic E-state index is 6.11. The molecule has 0 aliphatic carbocycles. The van der Waals surface area contributed by atoms with Crippen LogP contribution in [0.5, 0.6) is 17.4 Å². The van der Waals surface area contributed by atoms with E-state index in [4.69, 9.17) is 14.2 Å². The van der Waals surface area contributed by atoms with E-state index in [2.05, 4.69) is 21.8 Å². The number of nitrogens with zero attached hydrogens (tertiary/aromatic N) is 3. The summed E-state index contributed by atoms with van der Waals surface area (Å²) in [6.45, 7) is 11.8. The van der Waals surface area contributed by atoms with Gasteiger partial charge in [0, 0.05) is 24.4 Å². The average Bonchev–Trinajstić information content (AvgIpc) is 2.69. The second-order valence-electron chi connectivity index (χ2n) is 9.05. The molecule has 0 atom stereocenters. The predicted octanol–water partition coefficient (Wildman–Crippen LogP) is 4.34. The molecule has 6 heteroatoms. The smallest absolute Gasteiger partial charge is 0.237 e. The van der Waals surface area contributed by atoms with Gasteiger partial charge >= 0.3 is 0 Å². The first kappa shape index (κ1) is 21.4. The summed E-state index contributed by atoms with van der Waals surface area (Å²) in [4.78, 5) is 11.3. The summed E-state index contributed by atoms with van der Waals surface area (Å²) in [5.41, 5.74) is 0.752. The molecule has 0 amide bonds. The lowest BCUT2D eigenvalue weighted by atomic mass is 9.81. The van der Waals surface area contributed by atoms with Crippen molar-refractivity contribution in [2.24, 2.45) is 5.41 Å². The molecule has 1 aliphatic heterocycles. The number of para-hydroxylation sites is 2. The molecule has 3 rings (SSSR count). The van der Waals surface area contributed by atoms with Gasteiger partial charge in [-0.15, -0.1) is 0 Å². The Bertz CT molecular complexity index is 796. The van der Waals surface area contributed by atoms with Gasteiger partial charge < -0.3 is 14.2 Å². The van der Waals surface area contributed by atoms with Crippen molar-refractivity contribution in [2.75, 3.05) is 26.8 Å². The summed E-state index contributed by atoms with van der Waals surface area (Å²) in [7, 11) is 1.67. The Balaban J connectivity index is 1.55. The molecule has 2 aromatic rings. The summed E-state index contributed by atoms with van der Waals surface area (Å²) in [5, 5.41) is 0. The Labute approximate surface area is 174 Å². The van der Waals surface area contributed by atoms with Crippen molar-refractivity contribution in [1.82, 2.24) is 14.9 Å². The molecule has 1 fully saturated rings. The third-order valence-corrected chi connectivity index (χ3v) is 5.22. The summed E-state index contributed by atoms with van der Waals surface area (Å²) in [5.74, 6) is 2.22. The van der Waals surface area contributed by atoms with Crippen LogP contribution in [-0.4, -0.2) is 47.3 Å². The number of rotatable bonds is 7. The minimum Gasteiger partial charge on any atom is -0.493 e. The molecule has 0 radical (unpaired) electrons. The molecule has 0 saturated carbocycles. The summed E-state index contributed by atoms with van der Waals surface area (Å²) < 4.78 is 17.5. The first-order valence-electron chi connectivity index (χ1n) is 10.3. The highest BCUT2D eigenvalue weighted by atomic mass is 16.5. The highest BCUT2D eigenvalue weighted by Crippen LogP contribution is 2.34. The minimum absolute atomic E-state index is 0.143. The second kappa shape index (κ2) is 8.99. The molecule has 0 unspecified atom stereocenters. The molecule has 1 aromatic heterocycles. The van der Waals surface area contributed by atoms with Crippen molar-refractivity contribution in [3.8, 4) is 17.4 Å². The average molecular weight is 400 g/mol. The lowest BCUT2D eigenvalue weighted by Gasteiger charge is -2.39. The quantitative estimate of drug-likeness (QED) is 0.690. The van der Waals surface area contributed by atoms with Gasteiger partial charge in [0.25, 0.3) is 0 Å². The van der Waals surface area contributed by atoms with Crippen LogP contribution in [-0.2, 0) is 6.54 Å². The summed E-state index contributed by atoms with van der Waals surface area (Å²) in [6, 6.07) is 7.82. The predicted molar refractivity (Wildman–Crippen MR) is 114 cm³/mol. The number of ether oxygens (including phenoxy) is 3. The zero-order valence-corrected chi connectivity index (χ0v) is 18.3. The van der Waals surface area contributed by atoms with E-state index < -0.39 is 0 Å². The molecule has 0 bridgehead atoms. The van der Waals surface area contributed by atoms with Crippen molar-refractivity contribution in [2.45, 2.75) is 52.7 Å². The summed E-state index contributed by atoms with van der Waals surface area (Å²) in [6.07, 6.45) is 5.56. The molecule has 0 spiro atoms. The van der Waals surface area contributed by atoms with Crippen LogP contribution >= 0.6 is 0 Å². The van der Waals surface area contributed by atoms with E-state index in [0.717, 1.165) is 49.7 Å². The number of aromatic nitrogens is 2. The Morgan fingerprint density at radius 2 is 1.69 bits per heavy atom. The Morgan fingerprint density at radius 3 is 2.34 bits per heavy atom. The van der Waals surface area contributed by atoms with E-state index in [0.29, 0.717) is 12.5 Å². The first-order chi connectivity index (χ1) is 13.8. The standard InChI is InChI=1S/C23H33N3O3/c1-22(2,3)29-21-18(24-12-13-25-21)16-26-14-10-23(4,11-15-26)17-28-20-9-7-6-8-19(20)27-5/h6-9,12-13H,10-11,14-17H2,1-5H3. The zero-order chi connectivity index (χ0) is 20.9. The Morgan fingerprint density at radius 1 is 1.03 bits per heavy atom. The zero-order valence-electron chi connectivity index (χ0n) is 18.3. The van der Waals surface area contributed by atoms with Crippen molar-refractivity contribution in [1.29, 1.82) is 0 Å². The van der Waals surface area contributed by atoms with Crippen LogP contribution in [0.15, 0.2) is 36.7 Å². The number of hydrogen-bond acceptors (Lipinski definition) is 6. The number of methoxy groups -OCH3 is 1. The molecule has 1 aromatic carbocycles. The van der Waals surface area contributed by atoms with Gasteiger partial charge in [-0.05, 0) is 58.8 Å². The monoisotopic (exact) mass is 399 g/mol. The van der Waals surface area contributed by atoms with E-state index >= 15 is 0 Å². The third kappa shape index (κ3) is 6.07. The fourth-order valence-electron chi connectivity index (χ4n) is 3.43. The van der Waals surface area contributed by atoms with Gasteiger partial charge in [0.15, 0.2) is 11.5 Å². The van der Waals surface area contributed by atoms with Gasteiger partial charge in [-0.3, -0.25) is 9.88 Å². The van der Waals surface area contributed by atoms with Gasteiger partial charge in [-0.25, -0.2) is 4.98 Å². The van der Waals surface area contributed by atoms with Crippen LogP contribution in [0.3, 0.4) is 0 Å². The van der Waals surface area contributed by atoms with Gasteiger partial charge in [-0.2, -0.15) is 0 Å². The van der Waals surface area contributed by atoms with E-state index in [1.165, 1.54) is 0 Å². The van der Waals surface area contributed by atoms with Crippen molar-refractivity contribution < 1.29 is 14.2 Å². The maximum absolute atomic E-state index is 6.11. The van der Waals surface area contributed by atoms with Crippen molar-refractivity contribution >= 4 is 0 Å². The second-order valence-corrected chi connectivity index (χ2v) is 9.05. The summed E-state index contributed by atoms with van der Waals surface area (Å²) >= 11 is 0. The van der Waals surface area contributed by atoms with Gasteiger partial charge in [0.05, 0.1) is 13.7 Å². The fraction of sp³-hybridized carbons (Fsp3) is 0.565. The molecular formula is C23H33N3O3. The van der Waals surface area contributed by atoms with Crippen LogP contribution in [0.2, 0.25) is 0 Å². The third-order valence-electron chi connectivity index (χ3n) is 5.22. The largest absolute Gasteiger partial charge is 0.493 e. The topological polar surface area (TPSA) is 56.7 Å². The van der Waals surface area contributed by atoms with Gasteiger partial charge in [0.2, 0.25) is 5.88 Å². The van der Waals surface area contributed by atoms with Crippen molar-refractivity contribution in [3.05, 3.63) is 42.4 Å². The minimum atomic E-state index is -0.291. The van der Waals surface area contributed by atoms with E-state index in [1.54, 1.807) is 19.5 Å². The fourth-order valence-corrected chi connectivity index (χ4v) is 3.43. The number of hydrogen-bond donors (Lipinski definition) is 0. The number of piperidine rings is 1. The molecular weight excluding hydrogens is 366 g/mol. The molecule has 6 nitrogen and oxygen atoms in total. The van der Waals surface area contributed by atoms with Crippen LogP contribution < -0.4 is 14.2 Å². The van der Waals surface area contributed by atoms with E-state index in [1.807, 2.05) is 45.0 Å². The molecule has 1 aliphatic rings. The molecule has 0 N–H and O–H groups in total. The number of benzene rings is 1. The van der Waals surface area contributed by atoms with E-state index in [9.17, 15) is 0 Å². The SMILES string of the molecule is COc1ccccc1OCC1(C)CCN(Cc2nccnc2OC(C)(C)C)CC1. The van der Waals surface area contributed by atoms with Crippen LogP contribution in [0, 0.1) is 5.41 Å². The first-order valence-corrected chi connectivity index (χ1v) is 10.3. The van der Waals surface area contributed by atoms with Crippen LogP contribution in [0.4, 0.5) is 0 Å². The highest BCUT2D eigenvalue weighted by Gasteiger charge is 2.32. The molecule has 1 saturated heterocycles. The number of likely N-dealkylation sites (tertiary alicyclic amines) is 1. The lowest BCUT2D eigenvalue weighted by molar-refractivity contribution is 0.0620. The Hall–Kier alpha value is -2.34.